The molecule has 2 aromatic rings. The number of halogens is 1. The van der Waals surface area contributed by atoms with E-state index in [1.54, 1.807) is 0 Å². The van der Waals surface area contributed by atoms with E-state index in [1.165, 1.54) is 0 Å². The molecular weight excluding hydrogens is 398 g/mol. The van der Waals surface area contributed by atoms with Gasteiger partial charge >= 0.3 is 0 Å². The minimum Gasteiger partial charge on any atom is -0.378 e. The Morgan fingerprint density at radius 2 is 1.77 bits per heavy atom. The van der Waals surface area contributed by atoms with E-state index in [2.05, 4.69) is 20.9 Å². The zero-order valence-electron chi connectivity index (χ0n) is 14.5. The Morgan fingerprint density at radius 3 is 2.50 bits per heavy atom. The second-order valence-corrected chi connectivity index (χ2v) is 7.83. The smallest absolute Gasteiger partial charge is 0.270 e. The number of morpholine rings is 1. The van der Waals surface area contributed by atoms with Crippen LogP contribution >= 0.6 is 15.9 Å². The van der Waals surface area contributed by atoms with Crippen molar-refractivity contribution in [1.82, 2.24) is 14.8 Å². The van der Waals surface area contributed by atoms with E-state index in [1.807, 2.05) is 34.1 Å². The molecule has 138 valence electrons. The van der Waals surface area contributed by atoms with Crippen LogP contribution in [0.4, 0.5) is 0 Å². The fraction of sp³-hybridized carbons (Fsp3) is 0.474. The number of amides is 2. The fourth-order valence-electron chi connectivity index (χ4n) is 3.76. The lowest BCUT2D eigenvalue weighted by atomic mass is 9.95. The molecule has 2 aliphatic rings. The van der Waals surface area contributed by atoms with E-state index in [4.69, 9.17) is 4.74 Å². The minimum absolute atomic E-state index is 0.00888. The summed E-state index contributed by atoms with van der Waals surface area (Å²) >= 11 is 3.45. The van der Waals surface area contributed by atoms with Gasteiger partial charge in [0.15, 0.2) is 0 Å². The molecule has 0 bridgehead atoms. The number of carbonyl (C=O) groups is 2. The van der Waals surface area contributed by atoms with Crippen molar-refractivity contribution < 1.29 is 14.3 Å². The van der Waals surface area contributed by atoms with Gasteiger partial charge in [-0.05, 0) is 31.0 Å². The summed E-state index contributed by atoms with van der Waals surface area (Å²) in [6.07, 6.45) is 1.46. The zero-order chi connectivity index (χ0) is 18.1. The topological polar surface area (TPSA) is 65.6 Å². The number of carbonyl (C=O) groups excluding carboxylic acids is 2. The molecule has 6 nitrogen and oxygen atoms in total. The number of hydrogen-bond acceptors (Lipinski definition) is 3. The van der Waals surface area contributed by atoms with Gasteiger partial charge in [-0.3, -0.25) is 9.59 Å². The second-order valence-electron chi connectivity index (χ2n) is 6.92. The number of ether oxygens (including phenoxy) is 1. The Labute approximate surface area is 160 Å². The maximum atomic E-state index is 12.8. The lowest BCUT2D eigenvalue weighted by Crippen LogP contribution is -2.47. The number of benzene rings is 1. The first-order valence-corrected chi connectivity index (χ1v) is 9.85. The molecule has 0 atom stereocenters. The molecule has 0 aliphatic carbocycles. The van der Waals surface area contributed by atoms with Gasteiger partial charge in [0.2, 0.25) is 5.91 Å². The van der Waals surface area contributed by atoms with E-state index in [-0.39, 0.29) is 17.7 Å². The minimum atomic E-state index is 0.00888. The quantitative estimate of drug-likeness (QED) is 0.813. The van der Waals surface area contributed by atoms with Crippen molar-refractivity contribution in [1.29, 1.82) is 0 Å². The molecule has 0 spiro atoms. The molecule has 0 radical (unpaired) electrons. The van der Waals surface area contributed by atoms with Crippen LogP contribution in [0.1, 0.15) is 23.3 Å². The average Bonchev–Trinajstić information content (AvgIpc) is 3.11. The van der Waals surface area contributed by atoms with E-state index in [9.17, 15) is 9.59 Å². The SMILES string of the molecule is O=C(c1cc2ccc(Br)cc2[nH]1)N1CCC(C(=O)N2CCOCC2)CC1. The maximum absolute atomic E-state index is 12.8. The molecule has 26 heavy (non-hydrogen) atoms. The van der Waals surface area contributed by atoms with E-state index < -0.39 is 0 Å². The van der Waals surface area contributed by atoms with Crippen LogP contribution in [0.3, 0.4) is 0 Å². The predicted molar refractivity (Wildman–Crippen MR) is 102 cm³/mol. The van der Waals surface area contributed by atoms with Gasteiger partial charge in [0.05, 0.1) is 13.2 Å². The summed E-state index contributed by atoms with van der Waals surface area (Å²) in [6.45, 7) is 3.86. The number of hydrogen-bond donors (Lipinski definition) is 1. The number of rotatable bonds is 2. The maximum Gasteiger partial charge on any atom is 0.270 e. The standard InChI is InChI=1S/C19H22BrN3O3/c20-15-2-1-14-11-17(21-16(14)12-15)19(25)22-5-3-13(4-6-22)18(24)23-7-9-26-10-8-23/h1-2,11-13,21H,3-10H2. The lowest BCUT2D eigenvalue weighted by molar-refractivity contribution is -0.141. The number of likely N-dealkylation sites (tertiary alicyclic amines) is 1. The number of nitrogens with one attached hydrogen (secondary N) is 1. The number of nitrogens with zero attached hydrogens (tertiary/aromatic N) is 2. The summed E-state index contributed by atoms with van der Waals surface area (Å²) in [5.41, 5.74) is 1.55. The van der Waals surface area contributed by atoms with E-state index in [0.717, 1.165) is 28.2 Å². The number of H-pyrrole nitrogens is 1. The molecular formula is C19H22BrN3O3. The lowest BCUT2D eigenvalue weighted by Gasteiger charge is -2.35. The van der Waals surface area contributed by atoms with Gasteiger partial charge in [0, 0.05) is 47.5 Å². The molecule has 7 heteroatoms. The second kappa shape index (κ2) is 7.40. The van der Waals surface area contributed by atoms with Gasteiger partial charge in [-0.15, -0.1) is 0 Å². The summed E-state index contributed by atoms with van der Waals surface area (Å²) in [7, 11) is 0. The normalized spacial score (nSPS) is 19.1. The summed E-state index contributed by atoms with van der Waals surface area (Å²) in [4.78, 5) is 32.4. The fourth-order valence-corrected chi connectivity index (χ4v) is 4.12. The van der Waals surface area contributed by atoms with Gasteiger partial charge < -0.3 is 19.5 Å². The molecule has 4 rings (SSSR count). The summed E-state index contributed by atoms with van der Waals surface area (Å²) in [6, 6.07) is 7.82. The first-order valence-electron chi connectivity index (χ1n) is 9.06. The largest absolute Gasteiger partial charge is 0.378 e. The highest BCUT2D eigenvalue weighted by molar-refractivity contribution is 9.10. The predicted octanol–water partition coefficient (Wildman–Crippen LogP) is 2.64. The first kappa shape index (κ1) is 17.5. The highest BCUT2D eigenvalue weighted by Crippen LogP contribution is 2.24. The van der Waals surface area contributed by atoms with Crippen molar-refractivity contribution >= 4 is 38.6 Å². The van der Waals surface area contributed by atoms with Crippen LogP contribution in [-0.4, -0.2) is 66.0 Å². The third kappa shape index (κ3) is 3.50. The molecule has 1 aromatic heterocycles. The van der Waals surface area contributed by atoms with Gasteiger partial charge in [-0.1, -0.05) is 22.0 Å². The van der Waals surface area contributed by atoms with Crippen molar-refractivity contribution in [3.8, 4) is 0 Å². The molecule has 2 amide bonds. The van der Waals surface area contributed by atoms with Crippen LogP contribution in [0.25, 0.3) is 10.9 Å². The Kier molecular flexibility index (Phi) is 5.00. The van der Waals surface area contributed by atoms with Gasteiger partial charge in [-0.25, -0.2) is 0 Å². The van der Waals surface area contributed by atoms with Crippen LogP contribution < -0.4 is 0 Å². The molecule has 1 N–H and O–H groups in total. The average molecular weight is 420 g/mol. The van der Waals surface area contributed by atoms with Crippen molar-refractivity contribution in [2.45, 2.75) is 12.8 Å². The van der Waals surface area contributed by atoms with Crippen LogP contribution in [0.5, 0.6) is 0 Å². The third-order valence-corrected chi connectivity index (χ3v) is 5.76. The summed E-state index contributed by atoms with van der Waals surface area (Å²) in [5, 5.41) is 1.02. The van der Waals surface area contributed by atoms with Gasteiger partial charge in [-0.2, -0.15) is 0 Å². The summed E-state index contributed by atoms with van der Waals surface area (Å²) < 4.78 is 6.29. The van der Waals surface area contributed by atoms with Crippen molar-refractivity contribution in [2.24, 2.45) is 5.92 Å². The number of aromatic nitrogens is 1. The summed E-state index contributed by atoms with van der Waals surface area (Å²) in [5.74, 6) is 0.251. The Bertz CT molecular complexity index is 821. The van der Waals surface area contributed by atoms with Crippen molar-refractivity contribution in [3.05, 3.63) is 34.4 Å². The van der Waals surface area contributed by atoms with Crippen LogP contribution in [0.15, 0.2) is 28.7 Å². The number of fused-ring (bicyclic) bond motifs is 1. The van der Waals surface area contributed by atoms with Crippen LogP contribution in [0, 0.1) is 5.92 Å². The van der Waals surface area contributed by atoms with E-state index in [0.29, 0.717) is 45.1 Å². The molecule has 1 aromatic carbocycles. The van der Waals surface area contributed by atoms with Crippen molar-refractivity contribution in [3.63, 3.8) is 0 Å². The third-order valence-electron chi connectivity index (χ3n) is 5.27. The molecule has 2 fully saturated rings. The highest BCUT2D eigenvalue weighted by atomic mass is 79.9. The monoisotopic (exact) mass is 419 g/mol. The molecule has 0 unspecified atom stereocenters. The van der Waals surface area contributed by atoms with Crippen molar-refractivity contribution in [2.75, 3.05) is 39.4 Å². The van der Waals surface area contributed by atoms with Crippen LogP contribution in [-0.2, 0) is 9.53 Å². The zero-order valence-corrected chi connectivity index (χ0v) is 16.1. The van der Waals surface area contributed by atoms with E-state index >= 15 is 0 Å². The van der Waals surface area contributed by atoms with Crippen LogP contribution in [0.2, 0.25) is 0 Å². The molecule has 3 heterocycles. The Hall–Kier alpha value is -1.86. The number of aromatic amines is 1. The Balaban J connectivity index is 1.38. The Morgan fingerprint density at radius 1 is 1.04 bits per heavy atom. The van der Waals surface area contributed by atoms with Gasteiger partial charge in [0.25, 0.3) is 5.91 Å². The highest BCUT2D eigenvalue weighted by Gasteiger charge is 2.31. The molecule has 2 saturated heterocycles. The molecule has 2 aliphatic heterocycles. The van der Waals surface area contributed by atoms with Gasteiger partial charge in [0.1, 0.15) is 5.69 Å². The first-order chi connectivity index (χ1) is 12.6. The number of piperidine rings is 1. The molecule has 0 saturated carbocycles.